The predicted octanol–water partition coefficient (Wildman–Crippen LogP) is 8.06. The van der Waals surface area contributed by atoms with Crippen molar-refractivity contribution in [1.29, 1.82) is 0 Å². The van der Waals surface area contributed by atoms with Crippen molar-refractivity contribution in [2.75, 3.05) is 14.2 Å². The van der Waals surface area contributed by atoms with Crippen LogP contribution in [0, 0.1) is 5.92 Å². The number of benzene rings is 4. The van der Waals surface area contributed by atoms with Gasteiger partial charge in [0.15, 0.2) is 0 Å². The van der Waals surface area contributed by atoms with Gasteiger partial charge in [-0.2, -0.15) is 0 Å². The van der Waals surface area contributed by atoms with Gasteiger partial charge in [0.1, 0.15) is 11.5 Å². The number of fused-ring (bicyclic) bond motifs is 8. The Hall–Kier alpha value is -3.52. The van der Waals surface area contributed by atoms with Crippen LogP contribution < -0.4 is 9.47 Å². The molecule has 4 aromatic carbocycles. The summed E-state index contributed by atoms with van der Waals surface area (Å²) >= 11 is 0. The largest absolute Gasteiger partial charge is 0.496 e. The number of ether oxygens (including phenoxy) is 2. The first-order chi connectivity index (χ1) is 16.5. The maximum absolute atomic E-state index is 6.07. The van der Waals surface area contributed by atoms with Crippen molar-refractivity contribution < 1.29 is 9.47 Å². The highest BCUT2D eigenvalue weighted by Crippen LogP contribution is 2.51. The lowest BCUT2D eigenvalue weighted by molar-refractivity contribution is 0.410. The first-order valence-electron chi connectivity index (χ1n) is 12.1. The van der Waals surface area contributed by atoms with E-state index in [1.807, 2.05) is 0 Å². The number of allylic oxidation sites excluding steroid dienone is 4. The molecule has 0 fully saturated rings. The van der Waals surface area contributed by atoms with Gasteiger partial charge >= 0.3 is 0 Å². The van der Waals surface area contributed by atoms with Gasteiger partial charge in [-0.1, -0.05) is 66.6 Å². The maximum Gasteiger partial charge on any atom is 0.123 e. The van der Waals surface area contributed by atoms with Gasteiger partial charge in [0, 0.05) is 24.0 Å². The monoisotopic (exact) mass is 446 g/mol. The lowest BCUT2D eigenvalue weighted by Crippen LogP contribution is -2.09. The van der Waals surface area contributed by atoms with E-state index in [9.17, 15) is 0 Å². The third-order valence-corrected chi connectivity index (χ3v) is 8.24. The van der Waals surface area contributed by atoms with Crippen LogP contribution in [0.15, 0.2) is 83.0 Å². The van der Waals surface area contributed by atoms with Crippen molar-refractivity contribution in [2.24, 2.45) is 5.92 Å². The Bertz CT molecular complexity index is 1430. The van der Waals surface area contributed by atoms with Gasteiger partial charge in [-0.3, -0.25) is 0 Å². The molecule has 0 spiro atoms. The van der Waals surface area contributed by atoms with Crippen molar-refractivity contribution in [1.82, 2.24) is 0 Å². The molecule has 0 radical (unpaired) electrons. The smallest absolute Gasteiger partial charge is 0.123 e. The fraction of sp³-hybridized carbons (Fsp3) is 0.250. The van der Waals surface area contributed by atoms with Gasteiger partial charge < -0.3 is 9.47 Å². The van der Waals surface area contributed by atoms with E-state index in [2.05, 4.69) is 81.4 Å². The molecule has 6 rings (SSSR count). The highest BCUT2D eigenvalue weighted by molar-refractivity contribution is 6.10. The van der Waals surface area contributed by atoms with Gasteiger partial charge in [-0.15, -0.1) is 0 Å². The van der Waals surface area contributed by atoms with Gasteiger partial charge in [0.05, 0.1) is 14.2 Å². The topological polar surface area (TPSA) is 18.5 Å². The van der Waals surface area contributed by atoms with E-state index in [0.29, 0.717) is 5.92 Å². The minimum absolute atomic E-state index is 0.466. The third kappa shape index (κ3) is 2.88. The standard InChI is InChI=1S/C32H30O2/c1-18-19(2)25-16-27-29(33-4)14-21-10-6-8-12-23(21)31(27)32-24-13-9-7-11-22(24)15-30(34-5)28(32)17-26(25)20(18)3/h6-15,18H,16-17H2,1-5H3. The Morgan fingerprint density at radius 1 is 0.647 bits per heavy atom. The molecule has 0 saturated carbocycles. The van der Waals surface area contributed by atoms with Crippen LogP contribution in [0.4, 0.5) is 0 Å². The fourth-order valence-corrected chi connectivity index (χ4v) is 6.18. The second-order valence-electron chi connectivity index (χ2n) is 9.71. The third-order valence-electron chi connectivity index (χ3n) is 8.24. The SMILES string of the molecule is COc1cc2ccccc2c2c1CC1=C(C)C(C)C(C)=C1Cc1c(OC)cc3ccccc3c1-2. The van der Waals surface area contributed by atoms with Crippen molar-refractivity contribution >= 4 is 21.5 Å². The zero-order valence-electron chi connectivity index (χ0n) is 20.6. The van der Waals surface area contributed by atoms with Crippen molar-refractivity contribution in [3.63, 3.8) is 0 Å². The average Bonchev–Trinajstić information content (AvgIpc) is 3.05. The first-order valence-corrected chi connectivity index (χ1v) is 12.1. The Balaban J connectivity index is 1.86. The van der Waals surface area contributed by atoms with Crippen LogP contribution in [-0.4, -0.2) is 14.2 Å². The molecule has 0 heterocycles. The zero-order chi connectivity index (χ0) is 23.6. The second kappa shape index (κ2) is 7.77. The quantitative estimate of drug-likeness (QED) is 0.310. The van der Waals surface area contributed by atoms with Gasteiger partial charge in [0.2, 0.25) is 0 Å². The van der Waals surface area contributed by atoms with Crippen molar-refractivity contribution in [3.8, 4) is 22.6 Å². The number of hydrogen-bond acceptors (Lipinski definition) is 2. The van der Waals surface area contributed by atoms with Crippen LogP contribution in [0.5, 0.6) is 11.5 Å². The van der Waals surface area contributed by atoms with Crippen LogP contribution in [0.1, 0.15) is 31.9 Å². The number of methoxy groups -OCH3 is 2. The molecule has 2 nitrogen and oxygen atoms in total. The van der Waals surface area contributed by atoms with E-state index in [-0.39, 0.29) is 0 Å². The minimum Gasteiger partial charge on any atom is -0.496 e. The molecule has 34 heavy (non-hydrogen) atoms. The molecule has 0 unspecified atom stereocenters. The summed E-state index contributed by atoms with van der Waals surface area (Å²) in [7, 11) is 3.60. The van der Waals surface area contributed by atoms with Crippen molar-refractivity contribution in [3.05, 3.63) is 94.1 Å². The molecule has 0 atom stereocenters. The molecule has 0 N–H and O–H groups in total. The summed E-state index contributed by atoms with van der Waals surface area (Å²) in [6.07, 6.45) is 1.77. The molecule has 0 bridgehead atoms. The maximum atomic E-state index is 6.07. The number of rotatable bonds is 2. The number of hydrogen-bond donors (Lipinski definition) is 0. The molecule has 0 aromatic heterocycles. The van der Waals surface area contributed by atoms with E-state index in [1.54, 1.807) is 14.2 Å². The Morgan fingerprint density at radius 3 is 1.47 bits per heavy atom. The molecule has 2 heteroatoms. The predicted molar refractivity (Wildman–Crippen MR) is 142 cm³/mol. The Kier molecular flexibility index (Phi) is 4.81. The lowest BCUT2D eigenvalue weighted by Gasteiger charge is -2.27. The molecule has 0 saturated heterocycles. The highest BCUT2D eigenvalue weighted by atomic mass is 16.5. The summed E-state index contributed by atoms with van der Waals surface area (Å²) < 4.78 is 12.1. The highest BCUT2D eigenvalue weighted by Gasteiger charge is 2.32. The Labute approximate surface area is 201 Å². The summed E-state index contributed by atoms with van der Waals surface area (Å²) in [5.74, 6) is 2.39. The van der Waals surface area contributed by atoms with Crippen LogP contribution in [0.3, 0.4) is 0 Å². The molecule has 0 amide bonds. The molecule has 0 aliphatic heterocycles. The van der Waals surface area contributed by atoms with Gasteiger partial charge in [-0.25, -0.2) is 0 Å². The first kappa shape index (κ1) is 21.0. The minimum atomic E-state index is 0.466. The summed E-state index contributed by atoms with van der Waals surface area (Å²) in [5.41, 5.74) is 11.0. The van der Waals surface area contributed by atoms with E-state index in [1.165, 1.54) is 66.1 Å². The average molecular weight is 447 g/mol. The summed E-state index contributed by atoms with van der Waals surface area (Å²) in [5, 5.41) is 4.95. The molecule has 2 aliphatic rings. The molecular weight excluding hydrogens is 416 g/mol. The van der Waals surface area contributed by atoms with Gasteiger partial charge in [0.25, 0.3) is 0 Å². The van der Waals surface area contributed by atoms with Crippen LogP contribution in [0.25, 0.3) is 32.7 Å². The molecule has 170 valence electrons. The van der Waals surface area contributed by atoms with E-state index in [4.69, 9.17) is 9.47 Å². The normalized spacial score (nSPS) is 15.8. The lowest BCUT2D eigenvalue weighted by atomic mass is 9.78. The summed E-state index contributed by atoms with van der Waals surface area (Å²) in [6.45, 7) is 6.96. The van der Waals surface area contributed by atoms with Crippen molar-refractivity contribution in [2.45, 2.75) is 33.6 Å². The molecule has 2 aliphatic carbocycles. The zero-order valence-corrected chi connectivity index (χ0v) is 20.6. The van der Waals surface area contributed by atoms with Gasteiger partial charge in [-0.05, 0) is 75.7 Å². The summed E-state index contributed by atoms with van der Waals surface area (Å²) in [6, 6.07) is 21.8. The molecule has 4 aromatic rings. The molecular formula is C32H30O2. The van der Waals surface area contributed by atoms with Crippen LogP contribution in [-0.2, 0) is 12.8 Å². The second-order valence-corrected chi connectivity index (χ2v) is 9.71. The van der Waals surface area contributed by atoms with E-state index in [0.717, 1.165) is 24.3 Å². The Morgan fingerprint density at radius 2 is 1.06 bits per heavy atom. The summed E-state index contributed by atoms with van der Waals surface area (Å²) in [4.78, 5) is 0. The van der Waals surface area contributed by atoms with Crippen LogP contribution in [0.2, 0.25) is 0 Å². The fourth-order valence-electron chi connectivity index (χ4n) is 6.18. The van der Waals surface area contributed by atoms with Crippen LogP contribution >= 0.6 is 0 Å². The van der Waals surface area contributed by atoms with E-state index >= 15 is 0 Å². The van der Waals surface area contributed by atoms with E-state index < -0.39 is 0 Å².